The van der Waals surface area contributed by atoms with Gasteiger partial charge in [-0.3, -0.25) is 4.98 Å². The van der Waals surface area contributed by atoms with E-state index in [9.17, 15) is 0 Å². The number of hydrogen-bond donors (Lipinski definition) is 0. The molecule has 1 fully saturated rings. The molecule has 0 unspecified atom stereocenters. The molecule has 22 heavy (non-hydrogen) atoms. The fourth-order valence-corrected chi connectivity index (χ4v) is 2.89. The molecule has 0 bridgehead atoms. The van der Waals surface area contributed by atoms with Gasteiger partial charge in [0, 0.05) is 24.2 Å². The molecule has 1 atom stereocenters. The first-order valence-corrected chi connectivity index (χ1v) is 7.58. The molecule has 3 heteroatoms. The quantitative estimate of drug-likeness (QED) is 0.729. The van der Waals surface area contributed by atoms with Crippen LogP contribution in [0.4, 0.5) is 0 Å². The summed E-state index contributed by atoms with van der Waals surface area (Å²) >= 11 is 0. The smallest absolute Gasteiger partial charge is 0.124 e. The predicted molar refractivity (Wildman–Crippen MR) is 87.0 cm³/mol. The highest BCUT2D eigenvalue weighted by molar-refractivity contribution is 5.96. The van der Waals surface area contributed by atoms with Crippen LogP contribution in [0.3, 0.4) is 0 Å². The minimum absolute atomic E-state index is 0.189. The fourth-order valence-electron chi connectivity index (χ4n) is 2.89. The highest BCUT2D eigenvalue weighted by atomic mass is 16.5. The van der Waals surface area contributed by atoms with Crippen molar-refractivity contribution in [2.45, 2.75) is 12.5 Å². The summed E-state index contributed by atoms with van der Waals surface area (Å²) < 4.78 is 11.3. The normalized spacial score (nSPS) is 17.7. The Balaban J connectivity index is 1.64. The molecule has 2 aromatic carbocycles. The van der Waals surface area contributed by atoms with Gasteiger partial charge in [0.15, 0.2) is 0 Å². The molecule has 4 rings (SSSR count). The van der Waals surface area contributed by atoms with Crippen molar-refractivity contribution >= 4 is 10.8 Å². The molecule has 0 spiro atoms. The minimum atomic E-state index is 0.189. The van der Waals surface area contributed by atoms with E-state index < -0.39 is 0 Å². The summed E-state index contributed by atoms with van der Waals surface area (Å²) in [6, 6.07) is 16.7. The Bertz CT molecular complexity index is 772. The van der Waals surface area contributed by atoms with E-state index in [2.05, 4.69) is 41.4 Å². The molecule has 0 saturated carbocycles. The number of pyridine rings is 1. The maximum absolute atomic E-state index is 5.92. The number of rotatable bonds is 3. The largest absolute Gasteiger partial charge is 0.488 e. The molecule has 1 aromatic heterocycles. The van der Waals surface area contributed by atoms with Crippen molar-refractivity contribution in [1.82, 2.24) is 4.98 Å². The van der Waals surface area contributed by atoms with E-state index in [1.165, 1.54) is 16.5 Å². The summed E-state index contributed by atoms with van der Waals surface area (Å²) in [6.07, 6.45) is 4.90. The first kappa shape index (κ1) is 13.3. The number of benzene rings is 2. The van der Waals surface area contributed by atoms with E-state index in [1.807, 2.05) is 24.5 Å². The molecule has 0 aliphatic carbocycles. The van der Waals surface area contributed by atoms with Crippen LogP contribution in [0.1, 0.15) is 6.42 Å². The van der Waals surface area contributed by atoms with Crippen molar-refractivity contribution < 1.29 is 9.47 Å². The summed E-state index contributed by atoms with van der Waals surface area (Å²) in [7, 11) is 0. The molecule has 0 radical (unpaired) electrons. The second-order valence-corrected chi connectivity index (χ2v) is 5.53. The van der Waals surface area contributed by atoms with Crippen LogP contribution in [0, 0.1) is 0 Å². The maximum Gasteiger partial charge on any atom is 0.124 e. The Kier molecular flexibility index (Phi) is 3.49. The van der Waals surface area contributed by atoms with Gasteiger partial charge in [-0.1, -0.05) is 30.3 Å². The zero-order valence-corrected chi connectivity index (χ0v) is 12.2. The van der Waals surface area contributed by atoms with Crippen molar-refractivity contribution in [3.63, 3.8) is 0 Å². The van der Waals surface area contributed by atoms with E-state index >= 15 is 0 Å². The van der Waals surface area contributed by atoms with Crippen LogP contribution in [-0.2, 0) is 4.74 Å². The third-order valence-corrected chi connectivity index (χ3v) is 4.04. The van der Waals surface area contributed by atoms with Crippen molar-refractivity contribution in [1.29, 1.82) is 0 Å². The molecule has 0 N–H and O–H groups in total. The Morgan fingerprint density at radius 1 is 1.05 bits per heavy atom. The summed E-state index contributed by atoms with van der Waals surface area (Å²) in [5.74, 6) is 0.904. The standard InChI is InChI=1S/C19H17NO2/c1-2-15-12-20-10-8-19(15)18(3-1)14-4-6-16(7-5-14)22-17-9-11-21-13-17/h1-8,10,12,17H,9,11,13H2/t17-/m0/s1. The lowest BCUT2D eigenvalue weighted by molar-refractivity contribution is 0.141. The molecule has 3 aromatic rings. The van der Waals surface area contributed by atoms with Crippen molar-refractivity contribution in [2.75, 3.05) is 13.2 Å². The third kappa shape index (κ3) is 2.55. The molecule has 3 nitrogen and oxygen atoms in total. The van der Waals surface area contributed by atoms with Crippen LogP contribution in [0.25, 0.3) is 21.9 Å². The van der Waals surface area contributed by atoms with Gasteiger partial charge in [-0.05, 0) is 34.7 Å². The summed E-state index contributed by atoms with van der Waals surface area (Å²) in [6.45, 7) is 1.49. The van der Waals surface area contributed by atoms with Crippen molar-refractivity contribution in [3.8, 4) is 16.9 Å². The predicted octanol–water partition coefficient (Wildman–Crippen LogP) is 4.07. The maximum atomic E-state index is 5.92. The highest BCUT2D eigenvalue weighted by Gasteiger charge is 2.17. The monoisotopic (exact) mass is 291 g/mol. The van der Waals surface area contributed by atoms with Crippen LogP contribution in [0.15, 0.2) is 60.9 Å². The summed E-state index contributed by atoms with van der Waals surface area (Å²) in [4.78, 5) is 4.19. The number of hydrogen-bond acceptors (Lipinski definition) is 3. The lowest BCUT2D eigenvalue weighted by Gasteiger charge is -2.12. The molecule has 2 heterocycles. The van der Waals surface area contributed by atoms with Gasteiger partial charge >= 0.3 is 0 Å². The second-order valence-electron chi connectivity index (χ2n) is 5.53. The molecule has 1 aliphatic rings. The van der Waals surface area contributed by atoms with Gasteiger partial charge in [0.05, 0.1) is 13.2 Å². The van der Waals surface area contributed by atoms with Gasteiger partial charge in [-0.2, -0.15) is 0 Å². The van der Waals surface area contributed by atoms with Crippen LogP contribution < -0.4 is 4.74 Å². The zero-order chi connectivity index (χ0) is 14.8. The summed E-state index contributed by atoms with van der Waals surface area (Å²) in [5.41, 5.74) is 2.41. The molecule has 110 valence electrons. The molecule has 1 aliphatic heterocycles. The first-order chi connectivity index (χ1) is 10.9. The molecule has 0 amide bonds. The van der Waals surface area contributed by atoms with E-state index in [4.69, 9.17) is 9.47 Å². The number of nitrogens with zero attached hydrogens (tertiary/aromatic N) is 1. The molecular formula is C19H17NO2. The van der Waals surface area contributed by atoms with Gasteiger partial charge < -0.3 is 9.47 Å². The van der Waals surface area contributed by atoms with Gasteiger partial charge in [0.25, 0.3) is 0 Å². The Morgan fingerprint density at radius 3 is 2.77 bits per heavy atom. The molecular weight excluding hydrogens is 274 g/mol. The topological polar surface area (TPSA) is 31.4 Å². The van der Waals surface area contributed by atoms with Gasteiger partial charge in [-0.15, -0.1) is 0 Å². The Morgan fingerprint density at radius 2 is 1.95 bits per heavy atom. The van der Waals surface area contributed by atoms with Gasteiger partial charge in [0.1, 0.15) is 11.9 Å². The third-order valence-electron chi connectivity index (χ3n) is 4.04. The lowest BCUT2D eigenvalue weighted by atomic mass is 9.99. The average molecular weight is 291 g/mol. The van der Waals surface area contributed by atoms with Crippen LogP contribution >= 0.6 is 0 Å². The lowest BCUT2D eigenvalue weighted by Crippen LogP contribution is -2.15. The number of aromatic nitrogens is 1. The second kappa shape index (κ2) is 5.78. The Hall–Kier alpha value is -2.39. The van der Waals surface area contributed by atoms with E-state index in [-0.39, 0.29) is 6.10 Å². The van der Waals surface area contributed by atoms with Crippen LogP contribution in [0.5, 0.6) is 5.75 Å². The van der Waals surface area contributed by atoms with Crippen LogP contribution in [-0.4, -0.2) is 24.3 Å². The fraction of sp³-hybridized carbons (Fsp3) is 0.211. The zero-order valence-electron chi connectivity index (χ0n) is 12.2. The SMILES string of the molecule is c1cc(-c2ccc(O[C@H]3CCOC3)cc2)c2ccncc2c1. The average Bonchev–Trinajstić information content (AvgIpc) is 3.08. The Labute approximate surface area is 129 Å². The van der Waals surface area contributed by atoms with Crippen molar-refractivity contribution in [2.24, 2.45) is 0 Å². The summed E-state index contributed by atoms with van der Waals surface area (Å²) in [5, 5.41) is 2.37. The molecule has 1 saturated heterocycles. The van der Waals surface area contributed by atoms with E-state index in [1.54, 1.807) is 0 Å². The van der Waals surface area contributed by atoms with E-state index in [0.29, 0.717) is 6.61 Å². The first-order valence-electron chi connectivity index (χ1n) is 7.58. The number of ether oxygens (including phenoxy) is 2. The van der Waals surface area contributed by atoms with Crippen LogP contribution in [0.2, 0.25) is 0 Å². The van der Waals surface area contributed by atoms with Gasteiger partial charge in [-0.25, -0.2) is 0 Å². The van der Waals surface area contributed by atoms with Gasteiger partial charge in [0.2, 0.25) is 0 Å². The van der Waals surface area contributed by atoms with E-state index in [0.717, 1.165) is 24.2 Å². The minimum Gasteiger partial charge on any atom is -0.488 e. The number of fused-ring (bicyclic) bond motifs is 1. The highest BCUT2D eigenvalue weighted by Crippen LogP contribution is 2.29. The van der Waals surface area contributed by atoms with Crippen molar-refractivity contribution in [3.05, 3.63) is 60.9 Å².